The Morgan fingerprint density at radius 2 is 1.52 bits per heavy atom. The van der Waals surface area contributed by atoms with Gasteiger partial charge in [0.1, 0.15) is 12.5 Å². The number of aromatic nitrogens is 3. The first-order chi connectivity index (χ1) is 30.6. The van der Waals surface area contributed by atoms with Crippen LogP contribution in [0.25, 0.3) is 29.9 Å². The van der Waals surface area contributed by atoms with Gasteiger partial charge in [0.2, 0.25) is 0 Å². The highest BCUT2D eigenvalue weighted by atomic mass is 16.5. The Bertz CT molecular complexity index is 2560. The van der Waals surface area contributed by atoms with Crippen molar-refractivity contribution in [3.8, 4) is 0 Å². The molecule has 0 saturated carbocycles. The Balaban J connectivity index is 1.23. The standard InChI is InChI=1S/C55H76N4O5/c1-13-39-35(8)42-28-44-37(10)41(24-25-48(60)64-27-26-34(7)23-17-22-33(6)21-16-20-32(5)19-15-18-31(3)4)52(58-44)50-51(55(62)63-12)54(61)49-38(11)45(59-53(49)50)30-47-40(14-2)36(9)43(57-47)29-46(39)56-42/h13,26,28-33,37,44,51,56-59H,1,14-25,27H2,2-12H3/b34-26+,42-28-,45-30-,46-29-/t32-,33-,37+,44?,51-/m1/s1. The van der Waals surface area contributed by atoms with Gasteiger partial charge in [-0.2, -0.15) is 0 Å². The molecule has 3 aromatic heterocycles. The van der Waals surface area contributed by atoms with E-state index in [1.165, 1.54) is 63.2 Å². The molecule has 2 aliphatic heterocycles. The van der Waals surface area contributed by atoms with E-state index in [-0.39, 0.29) is 36.7 Å². The van der Waals surface area contributed by atoms with Crippen molar-refractivity contribution in [2.75, 3.05) is 13.7 Å². The molecule has 4 N–H and O–H groups in total. The summed E-state index contributed by atoms with van der Waals surface area (Å²) in [6, 6.07) is -0.217. The van der Waals surface area contributed by atoms with Crippen LogP contribution in [0.1, 0.15) is 169 Å². The number of allylic oxidation sites excluding steroid dienone is 2. The first-order valence-corrected chi connectivity index (χ1v) is 24.2. The molecule has 8 bridgehead atoms. The predicted molar refractivity (Wildman–Crippen MR) is 261 cm³/mol. The van der Waals surface area contributed by atoms with Crippen molar-refractivity contribution < 1.29 is 23.9 Å². The van der Waals surface area contributed by atoms with Crippen LogP contribution in [-0.2, 0) is 25.5 Å². The molecule has 1 unspecified atom stereocenters. The van der Waals surface area contributed by atoms with Crippen LogP contribution in [0.4, 0.5) is 0 Å². The Morgan fingerprint density at radius 1 is 0.844 bits per heavy atom. The molecule has 5 heterocycles. The van der Waals surface area contributed by atoms with E-state index in [4.69, 9.17) is 9.47 Å². The lowest BCUT2D eigenvalue weighted by atomic mass is 9.88. The van der Waals surface area contributed by atoms with Crippen LogP contribution < -0.4 is 26.7 Å². The van der Waals surface area contributed by atoms with E-state index >= 15 is 0 Å². The third kappa shape index (κ3) is 10.6. The zero-order valence-corrected chi connectivity index (χ0v) is 40.8. The highest BCUT2D eigenvalue weighted by Crippen LogP contribution is 2.39. The molecule has 0 fully saturated rings. The smallest absolute Gasteiger partial charge is 0.321 e. The quantitative estimate of drug-likeness (QED) is 0.0510. The number of ether oxygens (including phenoxy) is 2. The summed E-state index contributed by atoms with van der Waals surface area (Å²) in [6.07, 6.45) is 23.0. The average Bonchev–Trinajstić information content (AvgIpc) is 3.99. The fourth-order valence-corrected chi connectivity index (χ4v) is 10.4. The summed E-state index contributed by atoms with van der Waals surface area (Å²) >= 11 is 0. The topological polar surface area (TPSA) is 129 Å². The number of H-pyrrole nitrogens is 3. The Kier molecular flexibility index (Phi) is 16.1. The number of ketones is 1. The number of carbonyl (C=O) groups excluding carboxylic acids is 3. The molecular formula is C55H76N4O5. The van der Waals surface area contributed by atoms with Crippen molar-refractivity contribution in [3.63, 3.8) is 0 Å². The molecule has 1 aliphatic carbocycles. The first kappa shape index (κ1) is 48.4. The summed E-state index contributed by atoms with van der Waals surface area (Å²) in [5.74, 6) is -0.0797. The number of fused-ring (bicyclic) bond motifs is 8. The Labute approximate surface area is 381 Å². The predicted octanol–water partition coefficient (Wildman–Crippen LogP) is 8.96. The molecule has 9 heteroatoms. The molecule has 0 spiro atoms. The number of rotatable bonds is 20. The maximum atomic E-state index is 14.4. The van der Waals surface area contributed by atoms with Gasteiger partial charge < -0.3 is 29.7 Å². The van der Waals surface area contributed by atoms with E-state index in [0.29, 0.717) is 28.6 Å². The second-order valence-electron chi connectivity index (χ2n) is 19.7. The summed E-state index contributed by atoms with van der Waals surface area (Å²) in [4.78, 5) is 52.4. The minimum atomic E-state index is -1.15. The van der Waals surface area contributed by atoms with Crippen molar-refractivity contribution >= 4 is 47.6 Å². The van der Waals surface area contributed by atoms with E-state index in [1.54, 1.807) is 0 Å². The lowest BCUT2D eigenvalue weighted by Gasteiger charge is -2.17. The van der Waals surface area contributed by atoms with Gasteiger partial charge in [0.15, 0.2) is 5.78 Å². The van der Waals surface area contributed by atoms with E-state index in [9.17, 15) is 14.4 Å². The molecule has 3 aliphatic rings. The lowest BCUT2D eigenvalue weighted by Crippen LogP contribution is -2.32. The SMILES string of the molecule is C=Cc1c(C)/c2[nH]/c1=C\c1[nH]c(c(CC)c1C)/C=c1\[nH]c3c(c1C)C(=O)[C@H](C(=O)OC)C=3C1=C(CCC(=O)OC/C=C(\C)CCC[C@H](C)CCC[C@H](C)CCCC(C)C)[C@H](C)C(\C=2)N1. The normalized spacial score (nSPS) is 20.6. The Hall–Kier alpha value is -5.05. The van der Waals surface area contributed by atoms with Gasteiger partial charge >= 0.3 is 11.9 Å². The van der Waals surface area contributed by atoms with Gasteiger partial charge in [0, 0.05) is 62.2 Å². The Morgan fingerprint density at radius 3 is 2.17 bits per heavy atom. The fraction of sp³-hybridized carbons (Fsp3) is 0.545. The lowest BCUT2D eigenvalue weighted by molar-refractivity contribution is -0.143. The highest BCUT2D eigenvalue weighted by Gasteiger charge is 2.45. The molecule has 5 atom stereocenters. The number of methoxy groups -OCH3 is 1. The third-order valence-electron chi connectivity index (χ3n) is 14.5. The summed E-state index contributed by atoms with van der Waals surface area (Å²) in [7, 11) is 1.32. The van der Waals surface area contributed by atoms with Crippen molar-refractivity contribution in [1.82, 2.24) is 20.3 Å². The zero-order chi connectivity index (χ0) is 46.4. The first-order valence-electron chi connectivity index (χ1n) is 24.2. The van der Waals surface area contributed by atoms with Crippen LogP contribution in [0.15, 0.2) is 29.5 Å². The molecule has 9 nitrogen and oxygen atoms in total. The molecule has 6 rings (SSSR count). The number of nitrogens with one attached hydrogen (secondary N) is 4. The number of hydrogen-bond acceptors (Lipinski definition) is 6. The molecule has 346 valence electrons. The van der Waals surface area contributed by atoms with Gasteiger partial charge in [-0.3, -0.25) is 14.4 Å². The van der Waals surface area contributed by atoms with Crippen LogP contribution in [0.3, 0.4) is 0 Å². The van der Waals surface area contributed by atoms with E-state index in [2.05, 4.69) is 107 Å². The van der Waals surface area contributed by atoms with E-state index in [0.717, 1.165) is 92.3 Å². The molecule has 64 heavy (non-hydrogen) atoms. The van der Waals surface area contributed by atoms with Crippen LogP contribution in [0, 0.1) is 50.4 Å². The van der Waals surface area contributed by atoms with Gasteiger partial charge in [0.25, 0.3) is 0 Å². The van der Waals surface area contributed by atoms with Crippen molar-refractivity contribution in [2.24, 2.45) is 29.6 Å². The summed E-state index contributed by atoms with van der Waals surface area (Å²) < 4.78 is 11.1. The molecule has 0 saturated heterocycles. The number of carbonyl (C=O) groups is 3. The van der Waals surface area contributed by atoms with Crippen LogP contribution in [0.2, 0.25) is 0 Å². The van der Waals surface area contributed by atoms with Crippen LogP contribution in [-0.4, -0.2) is 52.4 Å². The zero-order valence-electron chi connectivity index (χ0n) is 40.8. The molecule has 3 aromatic rings. The van der Waals surface area contributed by atoms with Crippen LogP contribution in [0.5, 0.6) is 0 Å². The molecule has 0 aromatic carbocycles. The van der Waals surface area contributed by atoms with Crippen molar-refractivity contribution in [1.29, 1.82) is 0 Å². The number of Topliss-reactive ketones (excluding diaryl/α,β-unsaturated/α-hetero) is 1. The van der Waals surface area contributed by atoms with Gasteiger partial charge in [0.05, 0.1) is 18.5 Å². The highest BCUT2D eigenvalue weighted by molar-refractivity contribution is 6.20. The van der Waals surface area contributed by atoms with E-state index in [1.807, 2.05) is 19.1 Å². The summed E-state index contributed by atoms with van der Waals surface area (Å²) in [6.45, 7) is 26.4. The minimum absolute atomic E-state index is 0.0876. The molecular weight excluding hydrogens is 797 g/mol. The van der Waals surface area contributed by atoms with Gasteiger partial charge in [-0.15, -0.1) is 0 Å². The number of esters is 2. The summed E-state index contributed by atoms with van der Waals surface area (Å²) in [5, 5.41) is 7.08. The molecule has 0 amide bonds. The average molecular weight is 873 g/mol. The number of hydrogen-bond donors (Lipinski definition) is 4. The second kappa shape index (κ2) is 21.3. The van der Waals surface area contributed by atoms with Crippen molar-refractivity contribution in [3.05, 3.63) is 95.7 Å². The van der Waals surface area contributed by atoms with Gasteiger partial charge in [-0.1, -0.05) is 105 Å². The monoisotopic (exact) mass is 873 g/mol. The van der Waals surface area contributed by atoms with E-state index < -0.39 is 11.9 Å². The maximum absolute atomic E-state index is 14.4. The van der Waals surface area contributed by atoms with Crippen molar-refractivity contribution in [2.45, 2.75) is 152 Å². The fourth-order valence-electron chi connectivity index (χ4n) is 10.4. The third-order valence-corrected chi connectivity index (χ3v) is 14.5. The van der Waals surface area contributed by atoms with Gasteiger partial charge in [-0.25, -0.2) is 0 Å². The largest absolute Gasteiger partial charge is 0.468 e. The maximum Gasteiger partial charge on any atom is 0.321 e. The second-order valence-corrected chi connectivity index (χ2v) is 19.7. The van der Waals surface area contributed by atoms with Gasteiger partial charge in [-0.05, 0) is 123 Å². The summed E-state index contributed by atoms with van der Waals surface area (Å²) in [5.41, 5.74) is 11.1. The molecule has 0 radical (unpaired) electrons. The van der Waals surface area contributed by atoms with Crippen LogP contribution >= 0.6 is 0 Å². The minimum Gasteiger partial charge on any atom is -0.468 e. The number of aromatic amines is 3.